The summed E-state index contributed by atoms with van der Waals surface area (Å²) in [6.45, 7) is 0. The van der Waals surface area contributed by atoms with Gasteiger partial charge < -0.3 is 5.32 Å². The zero-order valence-electron chi connectivity index (χ0n) is 2.84. The molecular weight excluding hydrogens is 118 g/mol. The average Bonchev–Trinajstić information content (AvgIpc) is 1.35. The van der Waals surface area contributed by atoms with Gasteiger partial charge in [0.25, 0.3) is 5.24 Å². The summed E-state index contributed by atoms with van der Waals surface area (Å²) in [7, 11) is 0. The molecule has 0 saturated heterocycles. The van der Waals surface area contributed by atoms with E-state index in [0.717, 1.165) is 5.49 Å². The highest BCUT2D eigenvalue weighted by Gasteiger charge is 1.78. The molecule has 34 valence electrons. The minimum absolute atomic E-state index is 0.426. The van der Waals surface area contributed by atoms with Gasteiger partial charge in [0.15, 0.2) is 0 Å². The van der Waals surface area contributed by atoms with E-state index in [1.54, 1.807) is 0 Å². The number of hydrogen-bond acceptors (Lipinski definition) is 2. The number of thiocarbonyl (C=S) groups is 1. The molecule has 0 saturated carbocycles. The lowest BCUT2D eigenvalue weighted by molar-refractivity contribution is 0.265. The van der Waals surface area contributed by atoms with E-state index >= 15 is 0 Å². The average molecular weight is 121 g/mol. The summed E-state index contributed by atoms with van der Waals surface area (Å²) in [5, 5.41) is 1.70. The Bertz CT molecular complexity index is 71.9. The van der Waals surface area contributed by atoms with Crippen LogP contribution in [0.1, 0.15) is 0 Å². The first-order chi connectivity index (χ1) is 2.77. The third-order valence-corrected chi connectivity index (χ3v) is 0.429. The van der Waals surface area contributed by atoms with E-state index in [2.05, 4.69) is 30.2 Å². The van der Waals surface area contributed by atoms with Crippen molar-refractivity contribution in [1.29, 1.82) is 0 Å². The van der Waals surface area contributed by atoms with Gasteiger partial charge in [0.05, 0.1) is 5.49 Å². The number of amides is 1. The standard InChI is InChI=1S/C2H3NOS2/c4-2(6)3-1-5/h1H,(H2,3,4,5,6). The van der Waals surface area contributed by atoms with Gasteiger partial charge in [-0.1, -0.05) is 24.8 Å². The molecule has 0 aliphatic carbocycles. The van der Waals surface area contributed by atoms with Crippen molar-refractivity contribution >= 4 is 35.6 Å². The van der Waals surface area contributed by atoms with Gasteiger partial charge in [0.2, 0.25) is 0 Å². The predicted molar refractivity (Wildman–Crippen MR) is 31.2 cm³/mol. The van der Waals surface area contributed by atoms with E-state index in [0.29, 0.717) is 0 Å². The zero-order valence-corrected chi connectivity index (χ0v) is 4.55. The second-order valence-corrected chi connectivity index (χ2v) is 1.21. The normalized spacial score (nSPS) is 6.83. The molecule has 0 heterocycles. The molecule has 0 aromatic rings. The van der Waals surface area contributed by atoms with Gasteiger partial charge in [-0.05, 0) is 0 Å². The van der Waals surface area contributed by atoms with Crippen molar-refractivity contribution in [1.82, 2.24) is 5.32 Å². The summed E-state index contributed by atoms with van der Waals surface area (Å²) in [5.74, 6) is 0. The topological polar surface area (TPSA) is 29.1 Å². The van der Waals surface area contributed by atoms with Crippen LogP contribution in [0.25, 0.3) is 0 Å². The summed E-state index contributed by atoms with van der Waals surface area (Å²) >= 11 is 7.55. The van der Waals surface area contributed by atoms with E-state index in [4.69, 9.17) is 0 Å². The highest BCUT2D eigenvalue weighted by Crippen LogP contribution is 1.69. The van der Waals surface area contributed by atoms with Crippen LogP contribution < -0.4 is 5.32 Å². The molecule has 0 atom stereocenters. The van der Waals surface area contributed by atoms with Crippen molar-refractivity contribution in [2.45, 2.75) is 0 Å². The molecule has 0 aliphatic rings. The Morgan fingerprint density at radius 1 is 2.00 bits per heavy atom. The number of thiol groups is 1. The summed E-state index contributed by atoms with van der Waals surface area (Å²) in [6.07, 6.45) is 0. The van der Waals surface area contributed by atoms with E-state index in [-0.39, 0.29) is 0 Å². The number of nitrogens with one attached hydrogen (secondary N) is 1. The Balaban J connectivity index is 3.05. The van der Waals surface area contributed by atoms with Crippen LogP contribution in [-0.2, 0) is 0 Å². The SMILES string of the molecule is O=C(S)NC=S. The minimum atomic E-state index is -0.426. The third-order valence-electron chi connectivity index (χ3n) is 0.182. The predicted octanol–water partition coefficient (Wildman–Crippen LogP) is 0.583. The van der Waals surface area contributed by atoms with Crippen molar-refractivity contribution < 1.29 is 4.79 Å². The van der Waals surface area contributed by atoms with Gasteiger partial charge in [-0.25, -0.2) is 0 Å². The fourth-order valence-corrected chi connectivity index (χ4v) is 0.309. The highest BCUT2D eigenvalue weighted by atomic mass is 32.1. The number of hydrogen-bond donors (Lipinski definition) is 2. The lowest BCUT2D eigenvalue weighted by Gasteiger charge is -1.80. The van der Waals surface area contributed by atoms with Crippen molar-refractivity contribution in [2.75, 3.05) is 0 Å². The molecule has 0 spiro atoms. The van der Waals surface area contributed by atoms with Gasteiger partial charge in [-0.15, -0.1) is 0 Å². The molecule has 0 unspecified atom stereocenters. The fraction of sp³-hybridized carbons (Fsp3) is 0. The smallest absolute Gasteiger partial charge is 0.280 e. The van der Waals surface area contributed by atoms with E-state index in [1.807, 2.05) is 0 Å². The minimum Gasteiger partial charge on any atom is -0.314 e. The van der Waals surface area contributed by atoms with Crippen molar-refractivity contribution in [3.8, 4) is 0 Å². The fourth-order valence-electron chi connectivity index (χ4n) is 0.0504. The molecule has 0 fully saturated rings. The molecule has 6 heavy (non-hydrogen) atoms. The van der Waals surface area contributed by atoms with Gasteiger partial charge in [-0.2, -0.15) is 0 Å². The lowest BCUT2D eigenvalue weighted by Crippen LogP contribution is -2.10. The molecule has 4 heteroatoms. The maximum atomic E-state index is 9.70. The Morgan fingerprint density at radius 3 is 2.50 bits per heavy atom. The molecule has 0 bridgehead atoms. The number of carbonyl (C=O) groups is 1. The summed E-state index contributed by atoms with van der Waals surface area (Å²) in [5.41, 5.74) is 1.11. The Hall–Kier alpha value is -0.0900. The van der Waals surface area contributed by atoms with Crippen LogP contribution >= 0.6 is 24.8 Å². The van der Waals surface area contributed by atoms with Crippen LogP contribution in [0.2, 0.25) is 0 Å². The first kappa shape index (κ1) is 5.91. The van der Waals surface area contributed by atoms with E-state index in [9.17, 15) is 4.79 Å². The molecule has 1 amide bonds. The summed E-state index contributed by atoms with van der Waals surface area (Å²) in [4.78, 5) is 9.70. The molecule has 2 nitrogen and oxygen atoms in total. The number of carbonyl (C=O) groups excluding carboxylic acids is 1. The second-order valence-electron chi connectivity index (χ2n) is 0.567. The molecule has 0 aromatic carbocycles. The largest absolute Gasteiger partial charge is 0.314 e. The van der Waals surface area contributed by atoms with Crippen molar-refractivity contribution in [2.24, 2.45) is 0 Å². The first-order valence-electron chi connectivity index (χ1n) is 1.20. The maximum absolute atomic E-state index is 9.70. The van der Waals surface area contributed by atoms with E-state index < -0.39 is 5.24 Å². The van der Waals surface area contributed by atoms with Crippen molar-refractivity contribution in [3.05, 3.63) is 0 Å². The van der Waals surface area contributed by atoms with Crippen LogP contribution in [0.5, 0.6) is 0 Å². The van der Waals surface area contributed by atoms with E-state index in [1.165, 1.54) is 0 Å². The molecule has 0 radical (unpaired) electrons. The quantitative estimate of drug-likeness (QED) is 0.392. The van der Waals surface area contributed by atoms with Crippen LogP contribution in [0.3, 0.4) is 0 Å². The van der Waals surface area contributed by atoms with Crippen LogP contribution in [0, 0.1) is 0 Å². The van der Waals surface area contributed by atoms with Gasteiger partial charge in [-0.3, -0.25) is 4.79 Å². The first-order valence-corrected chi connectivity index (χ1v) is 2.12. The van der Waals surface area contributed by atoms with Crippen LogP contribution in [0.4, 0.5) is 4.79 Å². The Kier molecular flexibility index (Phi) is 3.07. The maximum Gasteiger partial charge on any atom is 0.280 e. The van der Waals surface area contributed by atoms with Crippen LogP contribution in [0.15, 0.2) is 0 Å². The van der Waals surface area contributed by atoms with Crippen LogP contribution in [-0.4, -0.2) is 10.7 Å². The molecule has 0 rings (SSSR count). The molecule has 0 aromatic heterocycles. The Labute approximate surface area is 46.3 Å². The monoisotopic (exact) mass is 121 g/mol. The van der Waals surface area contributed by atoms with Crippen molar-refractivity contribution in [3.63, 3.8) is 0 Å². The second kappa shape index (κ2) is 3.11. The third kappa shape index (κ3) is 3.91. The molecule has 0 aliphatic heterocycles. The lowest BCUT2D eigenvalue weighted by atomic mass is 11.2. The summed E-state index contributed by atoms with van der Waals surface area (Å²) in [6, 6.07) is 0. The Morgan fingerprint density at radius 2 is 2.50 bits per heavy atom. The molecular formula is C2H3NOS2. The van der Waals surface area contributed by atoms with Gasteiger partial charge >= 0.3 is 0 Å². The van der Waals surface area contributed by atoms with Gasteiger partial charge in [0, 0.05) is 0 Å². The number of rotatable bonds is 1. The highest BCUT2D eigenvalue weighted by molar-refractivity contribution is 7.96. The zero-order chi connectivity index (χ0) is 4.99. The van der Waals surface area contributed by atoms with Gasteiger partial charge in [0.1, 0.15) is 0 Å². The molecule has 1 N–H and O–H groups in total. The summed E-state index contributed by atoms with van der Waals surface area (Å²) < 4.78 is 0.